The first-order valence-corrected chi connectivity index (χ1v) is 3.02. The zero-order valence-corrected chi connectivity index (χ0v) is 5.43. The first kappa shape index (κ1) is 6.09. The van der Waals surface area contributed by atoms with Crippen LogP contribution < -0.4 is 0 Å². The summed E-state index contributed by atoms with van der Waals surface area (Å²) in [6, 6.07) is 0. The fourth-order valence-electron chi connectivity index (χ4n) is 0.864. The van der Waals surface area contributed by atoms with E-state index in [4.69, 9.17) is 0 Å². The van der Waals surface area contributed by atoms with Gasteiger partial charge in [-0.05, 0) is 17.6 Å². The van der Waals surface area contributed by atoms with Crippen molar-refractivity contribution in [3.63, 3.8) is 0 Å². The van der Waals surface area contributed by atoms with Crippen molar-refractivity contribution < 1.29 is 0 Å². The van der Waals surface area contributed by atoms with Gasteiger partial charge in [0.2, 0.25) is 0 Å². The molecule has 0 N–H and O–H groups in total. The Morgan fingerprint density at radius 2 is 2.33 bits per heavy atom. The number of hydrogen-bond donors (Lipinski definition) is 0. The lowest BCUT2D eigenvalue weighted by Gasteiger charge is -1.92. The average molecular weight is 118 g/mol. The van der Waals surface area contributed by atoms with Gasteiger partial charge in [-0.1, -0.05) is 37.5 Å². The lowest BCUT2D eigenvalue weighted by Crippen LogP contribution is -1.72. The van der Waals surface area contributed by atoms with Gasteiger partial charge in [-0.15, -0.1) is 0 Å². The molecule has 0 amide bonds. The minimum atomic E-state index is 1.000. The first-order valence-electron chi connectivity index (χ1n) is 3.02. The van der Waals surface area contributed by atoms with Gasteiger partial charge in [0, 0.05) is 0 Å². The molecule has 0 aromatic rings. The molecule has 0 saturated heterocycles. The van der Waals surface area contributed by atoms with Crippen LogP contribution in [0.5, 0.6) is 0 Å². The summed E-state index contributed by atoms with van der Waals surface area (Å²) in [6.07, 6.45) is 8.95. The van der Waals surface area contributed by atoms with Crippen LogP contribution in [0.1, 0.15) is 6.42 Å². The van der Waals surface area contributed by atoms with Crippen LogP contribution >= 0.6 is 0 Å². The molecule has 0 nitrogen and oxygen atoms in total. The number of rotatable bonds is 1. The zero-order valence-electron chi connectivity index (χ0n) is 5.43. The van der Waals surface area contributed by atoms with Crippen LogP contribution in [0.25, 0.3) is 0 Å². The Balaban J connectivity index is 2.81. The van der Waals surface area contributed by atoms with Crippen molar-refractivity contribution in [2.24, 2.45) is 0 Å². The maximum Gasteiger partial charge on any atom is -0.00941 e. The molecule has 1 aliphatic rings. The lowest BCUT2D eigenvalue weighted by molar-refractivity contribution is 1.34. The van der Waals surface area contributed by atoms with Crippen molar-refractivity contribution >= 4 is 0 Å². The van der Waals surface area contributed by atoms with Gasteiger partial charge in [0.25, 0.3) is 0 Å². The molecule has 0 aromatic carbocycles. The Morgan fingerprint density at radius 3 is 2.78 bits per heavy atom. The van der Waals surface area contributed by atoms with E-state index in [1.54, 1.807) is 6.08 Å². The summed E-state index contributed by atoms with van der Waals surface area (Å²) in [5.74, 6) is 0. The summed E-state index contributed by atoms with van der Waals surface area (Å²) in [4.78, 5) is 0. The molecule has 0 heterocycles. The van der Waals surface area contributed by atoms with Gasteiger partial charge in [0.05, 0.1) is 0 Å². The van der Waals surface area contributed by atoms with Crippen LogP contribution in [0.15, 0.2) is 48.6 Å². The third-order valence-corrected chi connectivity index (χ3v) is 1.37. The third kappa shape index (κ3) is 1.20. The van der Waals surface area contributed by atoms with Gasteiger partial charge in [0.1, 0.15) is 0 Å². The predicted octanol–water partition coefficient (Wildman–Crippen LogP) is 2.61. The summed E-state index contributed by atoms with van der Waals surface area (Å²) >= 11 is 0. The Hall–Kier alpha value is -1.04. The SMILES string of the molecule is C=CC=C1C=CCC1=C. The molecule has 0 aromatic heterocycles. The van der Waals surface area contributed by atoms with Crippen molar-refractivity contribution in [3.8, 4) is 0 Å². The highest BCUT2D eigenvalue weighted by Gasteiger charge is 2.01. The van der Waals surface area contributed by atoms with Gasteiger partial charge < -0.3 is 0 Å². The highest BCUT2D eigenvalue weighted by Crippen LogP contribution is 2.20. The standard InChI is InChI=1S/C9H10/c1-3-5-9-7-4-6-8(9)2/h3-5,7H,1-2,6H2. The lowest BCUT2D eigenvalue weighted by atomic mass is 10.1. The molecular weight excluding hydrogens is 108 g/mol. The van der Waals surface area contributed by atoms with Gasteiger partial charge in [0.15, 0.2) is 0 Å². The topological polar surface area (TPSA) is 0 Å². The second-order valence-electron chi connectivity index (χ2n) is 2.07. The Morgan fingerprint density at radius 1 is 1.56 bits per heavy atom. The van der Waals surface area contributed by atoms with Gasteiger partial charge in [-0.25, -0.2) is 0 Å². The maximum atomic E-state index is 3.88. The van der Waals surface area contributed by atoms with Crippen molar-refractivity contribution in [1.82, 2.24) is 0 Å². The molecule has 9 heavy (non-hydrogen) atoms. The minimum absolute atomic E-state index is 1.000. The van der Waals surface area contributed by atoms with E-state index in [2.05, 4.69) is 25.3 Å². The van der Waals surface area contributed by atoms with E-state index in [0.29, 0.717) is 0 Å². The Kier molecular flexibility index (Phi) is 1.69. The number of allylic oxidation sites excluding steroid dienone is 6. The van der Waals surface area contributed by atoms with E-state index < -0.39 is 0 Å². The highest BCUT2D eigenvalue weighted by atomic mass is 14.1. The predicted molar refractivity (Wildman–Crippen MR) is 41.2 cm³/mol. The highest BCUT2D eigenvalue weighted by molar-refractivity contribution is 5.46. The molecule has 0 spiro atoms. The molecule has 0 unspecified atom stereocenters. The molecule has 0 fully saturated rings. The zero-order chi connectivity index (χ0) is 6.69. The van der Waals surface area contributed by atoms with E-state index in [0.717, 1.165) is 6.42 Å². The fourth-order valence-corrected chi connectivity index (χ4v) is 0.864. The Bertz CT molecular complexity index is 192. The van der Waals surface area contributed by atoms with E-state index >= 15 is 0 Å². The number of hydrogen-bond acceptors (Lipinski definition) is 0. The van der Waals surface area contributed by atoms with E-state index in [9.17, 15) is 0 Å². The van der Waals surface area contributed by atoms with Crippen LogP contribution in [-0.2, 0) is 0 Å². The molecule has 1 aliphatic carbocycles. The molecule has 0 radical (unpaired) electrons. The van der Waals surface area contributed by atoms with Crippen molar-refractivity contribution in [2.45, 2.75) is 6.42 Å². The van der Waals surface area contributed by atoms with Crippen LogP contribution in [0.3, 0.4) is 0 Å². The third-order valence-electron chi connectivity index (χ3n) is 1.37. The van der Waals surface area contributed by atoms with Gasteiger partial charge in [-0.2, -0.15) is 0 Å². The molecule has 0 atom stereocenters. The van der Waals surface area contributed by atoms with Crippen LogP contribution in [0, 0.1) is 0 Å². The van der Waals surface area contributed by atoms with E-state index in [-0.39, 0.29) is 0 Å². The van der Waals surface area contributed by atoms with E-state index in [1.807, 2.05) is 6.08 Å². The Labute approximate surface area is 55.9 Å². The van der Waals surface area contributed by atoms with Crippen LogP contribution in [-0.4, -0.2) is 0 Å². The largest absolute Gasteiger partial charge is 0.0990 e. The normalized spacial score (nSPS) is 21.3. The van der Waals surface area contributed by atoms with Crippen LogP contribution in [0.2, 0.25) is 0 Å². The molecule has 0 aliphatic heterocycles. The molecule has 0 heteroatoms. The molecule has 0 bridgehead atoms. The smallest absolute Gasteiger partial charge is 0.00941 e. The average Bonchev–Trinajstić information content (AvgIpc) is 2.18. The second-order valence-corrected chi connectivity index (χ2v) is 2.07. The summed E-state index contributed by atoms with van der Waals surface area (Å²) in [5.41, 5.74) is 2.40. The minimum Gasteiger partial charge on any atom is -0.0990 e. The molecule has 1 rings (SSSR count). The van der Waals surface area contributed by atoms with Gasteiger partial charge in [-0.3, -0.25) is 0 Å². The second kappa shape index (κ2) is 2.49. The molecular formula is C9H10. The fraction of sp³-hybridized carbons (Fsp3) is 0.111. The van der Waals surface area contributed by atoms with E-state index in [1.165, 1.54) is 11.1 Å². The summed E-state index contributed by atoms with van der Waals surface area (Å²) in [7, 11) is 0. The molecule has 46 valence electrons. The van der Waals surface area contributed by atoms with Gasteiger partial charge >= 0.3 is 0 Å². The summed E-state index contributed by atoms with van der Waals surface area (Å²) in [5, 5.41) is 0. The summed E-state index contributed by atoms with van der Waals surface area (Å²) in [6.45, 7) is 7.48. The van der Waals surface area contributed by atoms with Crippen molar-refractivity contribution in [1.29, 1.82) is 0 Å². The summed E-state index contributed by atoms with van der Waals surface area (Å²) < 4.78 is 0. The maximum absolute atomic E-state index is 3.88. The molecule has 0 saturated carbocycles. The van der Waals surface area contributed by atoms with Crippen molar-refractivity contribution in [2.75, 3.05) is 0 Å². The quantitative estimate of drug-likeness (QED) is 0.496. The first-order chi connectivity index (χ1) is 4.34. The monoisotopic (exact) mass is 118 g/mol. The van der Waals surface area contributed by atoms with Crippen molar-refractivity contribution in [3.05, 3.63) is 48.6 Å². The van der Waals surface area contributed by atoms with Crippen LogP contribution in [0.4, 0.5) is 0 Å².